The molecule has 1 aliphatic heterocycles. The van der Waals surface area contributed by atoms with Gasteiger partial charge < -0.3 is 9.47 Å². The molecule has 0 amide bonds. The summed E-state index contributed by atoms with van der Waals surface area (Å²) in [5.74, 6) is 0.501. The van der Waals surface area contributed by atoms with Crippen molar-refractivity contribution in [3.63, 3.8) is 0 Å². The third kappa shape index (κ3) is 3.13. The summed E-state index contributed by atoms with van der Waals surface area (Å²) in [6.45, 7) is 4.40. The van der Waals surface area contributed by atoms with Crippen molar-refractivity contribution in [3.8, 4) is 16.9 Å². The quantitative estimate of drug-likeness (QED) is 0.371. The molecule has 0 saturated heterocycles. The lowest BCUT2D eigenvalue weighted by Crippen LogP contribution is -2.17. The molecule has 0 bridgehead atoms. The van der Waals surface area contributed by atoms with E-state index < -0.39 is 5.60 Å². The van der Waals surface area contributed by atoms with E-state index in [1.54, 1.807) is 0 Å². The van der Waals surface area contributed by atoms with Gasteiger partial charge in [0.15, 0.2) is 0 Å². The van der Waals surface area contributed by atoms with Gasteiger partial charge in [-0.3, -0.25) is 0 Å². The van der Waals surface area contributed by atoms with Crippen LogP contribution in [0.3, 0.4) is 0 Å². The summed E-state index contributed by atoms with van der Waals surface area (Å²) >= 11 is 0. The summed E-state index contributed by atoms with van der Waals surface area (Å²) in [4.78, 5) is 12.7. The van der Waals surface area contributed by atoms with E-state index in [1.807, 2.05) is 80.6 Å². The van der Waals surface area contributed by atoms with Gasteiger partial charge in [-0.15, -0.1) is 0 Å². The molecule has 0 fully saturated rings. The first-order valence-electron chi connectivity index (χ1n) is 10.1. The summed E-state index contributed by atoms with van der Waals surface area (Å²) in [6, 6.07) is 28.3. The van der Waals surface area contributed by atoms with Gasteiger partial charge in [0.2, 0.25) is 0 Å². The Bertz CT molecular complexity index is 1240. The van der Waals surface area contributed by atoms with Gasteiger partial charge in [0.05, 0.1) is 5.56 Å². The molecule has 0 saturated carbocycles. The predicted octanol–water partition coefficient (Wildman–Crippen LogP) is 6.49. The zero-order chi connectivity index (χ0) is 20.7. The Morgan fingerprint density at radius 2 is 1.57 bits per heavy atom. The number of esters is 1. The molecule has 0 unspecified atom stereocenters. The smallest absolute Gasteiger partial charge is 0.339 e. The number of hydrogen-bond donors (Lipinski definition) is 0. The lowest BCUT2D eigenvalue weighted by Gasteiger charge is -2.22. The first-order valence-corrected chi connectivity index (χ1v) is 10.1. The van der Waals surface area contributed by atoms with E-state index in [2.05, 4.69) is 18.2 Å². The van der Waals surface area contributed by atoms with Crippen molar-refractivity contribution in [2.24, 2.45) is 0 Å². The fourth-order valence-corrected chi connectivity index (χ4v) is 4.24. The maximum absolute atomic E-state index is 12.7. The number of carbonyl (C=O) groups excluding carboxylic acids is 1. The number of hydrogen-bond acceptors (Lipinski definition) is 3. The van der Waals surface area contributed by atoms with Crippen molar-refractivity contribution in [1.29, 1.82) is 0 Å². The third-order valence-corrected chi connectivity index (χ3v) is 5.59. The van der Waals surface area contributed by atoms with Gasteiger partial charge in [0.1, 0.15) is 18.0 Å². The number of ether oxygens (including phenoxy) is 2. The Morgan fingerprint density at radius 3 is 2.30 bits per heavy atom. The molecule has 1 aliphatic rings. The fourth-order valence-electron chi connectivity index (χ4n) is 4.24. The molecular formula is C27H22O3. The van der Waals surface area contributed by atoms with Crippen LogP contribution in [-0.2, 0) is 16.9 Å². The van der Waals surface area contributed by atoms with Crippen LogP contribution in [0.5, 0.6) is 5.75 Å². The molecule has 4 aromatic carbocycles. The lowest BCUT2D eigenvalue weighted by molar-refractivity contribution is 0.00972. The molecule has 0 radical (unpaired) electrons. The largest absolute Gasteiger partial charge is 0.489 e. The Labute approximate surface area is 175 Å². The van der Waals surface area contributed by atoms with Gasteiger partial charge in [-0.05, 0) is 59.5 Å². The molecule has 4 aromatic rings. The van der Waals surface area contributed by atoms with Crippen molar-refractivity contribution in [3.05, 3.63) is 102 Å². The minimum atomic E-state index is -0.672. The van der Waals surface area contributed by atoms with Gasteiger partial charge in [-0.25, -0.2) is 4.79 Å². The van der Waals surface area contributed by atoms with E-state index >= 15 is 0 Å². The van der Waals surface area contributed by atoms with E-state index in [0.717, 1.165) is 38.8 Å². The molecule has 0 N–H and O–H groups in total. The van der Waals surface area contributed by atoms with Crippen molar-refractivity contribution in [2.45, 2.75) is 26.1 Å². The van der Waals surface area contributed by atoms with Crippen LogP contribution in [0, 0.1) is 0 Å². The predicted molar refractivity (Wildman–Crippen MR) is 119 cm³/mol. The molecule has 0 aliphatic carbocycles. The highest BCUT2D eigenvalue weighted by atomic mass is 16.6. The Hall–Kier alpha value is -3.59. The summed E-state index contributed by atoms with van der Waals surface area (Å²) in [6.07, 6.45) is 0. The molecule has 148 valence electrons. The summed E-state index contributed by atoms with van der Waals surface area (Å²) in [5.41, 5.74) is 4.14. The van der Waals surface area contributed by atoms with Crippen LogP contribution in [0.1, 0.15) is 35.3 Å². The zero-order valence-electron chi connectivity index (χ0n) is 17.0. The van der Waals surface area contributed by atoms with Crippen LogP contribution in [0.4, 0.5) is 0 Å². The van der Waals surface area contributed by atoms with Crippen LogP contribution in [0.2, 0.25) is 0 Å². The average Bonchev–Trinajstić information content (AvgIpc) is 3.00. The highest BCUT2D eigenvalue weighted by Gasteiger charge is 2.40. The van der Waals surface area contributed by atoms with Crippen molar-refractivity contribution >= 4 is 16.7 Å². The molecule has 3 nitrogen and oxygen atoms in total. The Morgan fingerprint density at radius 1 is 0.867 bits per heavy atom. The van der Waals surface area contributed by atoms with Crippen LogP contribution in [0.25, 0.3) is 21.9 Å². The van der Waals surface area contributed by atoms with Crippen molar-refractivity contribution < 1.29 is 14.3 Å². The molecule has 0 atom stereocenters. The number of rotatable bonds is 4. The van der Waals surface area contributed by atoms with Crippen LogP contribution < -0.4 is 4.74 Å². The lowest BCUT2D eigenvalue weighted by atomic mass is 9.84. The van der Waals surface area contributed by atoms with Crippen LogP contribution in [-0.4, -0.2) is 5.97 Å². The van der Waals surface area contributed by atoms with Crippen LogP contribution >= 0.6 is 0 Å². The Balaban J connectivity index is 1.65. The Kier molecular flexibility index (Phi) is 4.32. The van der Waals surface area contributed by atoms with E-state index in [4.69, 9.17) is 9.47 Å². The highest BCUT2D eigenvalue weighted by Crippen LogP contribution is 2.46. The molecular weight excluding hydrogens is 372 g/mol. The first-order chi connectivity index (χ1) is 14.5. The van der Waals surface area contributed by atoms with Crippen molar-refractivity contribution in [1.82, 2.24) is 0 Å². The molecule has 30 heavy (non-hydrogen) atoms. The second kappa shape index (κ2) is 7.03. The summed E-state index contributed by atoms with van der Waals surface area (Å²) < 4.78 is 11.7. The van der Waals surface area contributed by atoms with E-state index in [0.29, 0.717) is 12.2 Å². The second-order valence-corrected chi connectivity index (χ2v) is 8.10. The molecule has 0 aromatic heterocycles. The SMILES string of the molecule is CC1(C)OC(=O)c2cc3cc(OCc4ccccc4)ccc3c(-c3ccccc3)c21. The maximum Gasteiger partial charge on any atom is 0.339 e. The standard InChI is InChI=1S/C27H22O3/c1-27(2)25-23(26(28)30-27)16-20-15-21(29-17-18-9-5-3-6-10-18)13-14-22(20)24(25)19-11-7-4-8-12-19/h3-16H,17H2,1-2H3. The van der Waals surface area contributed by atoms with Gasteiger partial charge in [-0.2, -0.15) is 0 Å². The van der Waals surface area contributed by atoms with Gasteiger partial charge in [0, 0.05) is 5.56 Å². The highest BCUT2D eigenvalue weighted by molar-refractivity contribution is 6.08. The average molecular weight is 394 g/mol. The monoisotopic (exact) mass is 394 g/mol. The minimum Gasteiger partial charge on any atom is -0.489 e. The topological polar surface area (TPSA) is 35.5 Å². The summed E-state index contributed by atoms with van der Waals surface area (Å²) in [7, 11) is 0. The van der Waals surface area contributed by atoms with E-state index in [9.17, 15) is 4.79 Å². The number of fused-ring (bicyclic) bond motifs is 2. The maximum atomic E-state index is 12.7. The number of benzene rings is 4. The third-order valence-electron chi connectivity index (χ3n) is 5.59. The molecule has 1 heterocycles. The molecule has 0 spiro atoms. The van der Waals surface area contributed by atoms with Gasteiger partial charge >= 0.3 is 5.97 Å². The number of carbonyl (C=O) groups is 1. The van der Waals surface area contributed by atoms with Crippen LogP contribution in [0.15, 0.2) is 84.9 Å². The normalized spacial score (nSPS) is 14.4. The van der Waals surface area contributed by atoms with Gasteiger partial charge in [0.25, 0.3) is 0 Å². The molecule has 5 rings (SSSR count). The first kappa shape index (κ1) is 18.4. The van der Waals surface area contributed by atoms with Gasteiger partial charge in [-0.1, -0.05) is 66.7 Å². The molecule has 3 heteroatoms. The van der Waals surface area contributed by atoms with Crippen molar-refractivity contribution in [2.75, 3.05) is 0 Å². The van der Waals surface area contributed by atoms with E-state index in [1.165, 1.54) is 0 Å². The number of cyclic esters (lactones) is 1. The van der Waals surface area contributed by atoms with E-state index in [-0.39, 0.29) is 5.97 Å². The fraction of sp³-hybridized carbons (Fsp3) is 0.148. The zero-order valence-corrected chi connectivity index (χ0v) is 17.0. The minimum absolute atomic E-state index is 0.273. The summed E-state index contributed by atoms with van der Waals surface area (Å²) in [5, 5.41) is 2.05. The second-order valence-electron chi connectivity index (χ2n) is 8.10.